The molecule has 43 heavy (non-hydrogen) atoms. The van der Waals surface area contributed by atoms with Gasteiger partial charge in [-0.1, -0.05) is 138 Å². The lowest BCUT2D eigenvalue weighted by Gasteiger charge is -2.15. The van der Waals surface area contributed by atoms with E-state index in [1.807, 2.05) is 0 Å². The number of aliphatic hydroxyl groups excluding tert-OH is 1. The van der Waals surface area contributed by atoms with Crippen molar-refractivity contribution >= 4 is 5.97 Å². The van der Waals surface area contributed by atoms with E-state index in [4.69, 9.17) is 9.47 Å². The second-order valence-corrected chi connectivity index (χ2v) is 11.2. The van der Waals surface area contributed by atoms with Crippen molar-refractivity contribution in [3.05, 3.63) is 72.9 Å². The molecule has 246 valence electrons. The van der Waals surface area contributed by atoms with Gasteiger partial charge in [-0.25, -0.2) is 0 Å². The Bertz CT molecular complexity index is 759. The maximum atomic E-state index is 12.1. The molecule has 0 aromatic heterocycles. The lowest BCUT2D eigenvalue weighted by molar-refractivity contribution is -0.154. The van der Waals surface area contributed by atoms with Gasteiger partial charge in [0, 0.05) is 6.42 Å². The number of carbonyl (C=O) groups excluding carboxylic acids is 1. The van der Waals surface area contributed by atoms with Crippen LogP contribution in [0.5, 0.6) is 0 Å². The number of unbranched alkanes of at least 4 members (excludes halogenated alkanes) is 11. The molecule has 4 nitrogen and oxygen atoms in total. The standard InChI is InChI=1S/C39H66O4/c1-3-5-7-9-11-13-15-17-19-21-23-25-27-29-31-33-35-42-37-38(36-40)43-39(41)34-32-30-28-26-24-22-20-18-16-14-12-10-8-6-4-2/h5,7,11,13,17-20,23,25,29,31,38,40H,3-4,6,8-10,12,14-16,21-22,24,26-28,30,32-37H2,1-2H3/b7-5-,13-11-,19-17-,20-18-,25-23-,31-29-. The summed E-state index contributed by atoms with van der Waals surface area (Å²) >= 11 is 0. The maximum Gasteiger partial charge on any atom is 0.306 e. The Kier molecular flexibility index (Phi) is 34.2. The molecule has 0 radical (unpaired) electrons. The second-order valence-electron chi connectivity index (χ2n) is 11.2. The molecule has 0 aliphatic carbocycles. The summed E-state index contributed by atoms with van der Waals surface area (Å²) in [6, 6.07) is 0. The average Bonchev–Trinajstić information content (AvgIpc) is 3.01. The fourth-order valence-electron chi connectivity index (χ4n) is 4.44. The lowest BCUT2D eigenvalue weighted by atomic mass is 10.1. The van der Waals surface area contributed by atoms with Crippen molar-refractivity contribution in [3.8, 4) is 0 Å². The van der Waals surface area contributed by atoms with Crippen molar-refractivity contribution in [2.45, 2.75) is 148 Å². The first-order chi connectivity index (χ1) is 21.2. The third-order valence-electron chi connectivity index (χ3n) is 7.03. The fraction of sp³-hybridized carbons (Fsp3) is 0.667. The minimum Gasteiger partial charge on any atom is -0.457 e. The van der Waals surface area contributed by atoms with E-state index >= 15 is 0 Å². The van der Waals surface area contributed by atoms with Gasteiger partial charge in [-0.3, -0.25) is 4.79 Å². The first-order valence-corrected chi connectivity index (χ1v) is 17.5. The summed E-state index contributed by atoms with van der Waals surface area (Å²) in [6.07, 6.45) is 48.1. The molecule has 0 fully saturated rings. The van der Waals surface area contributed by atoms with Gasteiger partial charge in [0.1, 0.15) is 6.10 Å². The number of ether oxygens (including phenoxy) is 2. The molecule has 0 aromatic rings. The Labute approximate surface area is 266 Å². The molecule has 0 saturated carbocycles. The van der Waals surface area contributed by atoms with Crippen molar-refractivity contribution in [2.24, 2.45) is 0 Å². The van der Waals surface area contributed by atoms with Gasteiger partial charge in [0.05, 0.1) is 19.8 Å². The lowest BCUT2D eigenvalue weighted by Crippen LogP contribution is -2.27. The molecule has 1 atom stereocenters. The Balaban J connectivity index is 3.62. The average molecular weight is 599 g/mol. The van der Waals surface area contributed by atoms with Gasteiger partial charge in [-0.2, -0.15) is 0 Å². The van der Waals surface area contributed by atoms with Crippen LogP contribution in [0.1, 0.15) is 142 Å². The van der Waals surface area contributed by atoms with E-state index in [2.05, 4.69) is 86.8 Å². The highest BCUT2D eigenvalue weighted by Gasteiger charge is 2.13. The summed E-state index contributed by atoms with van der Waals surface area (Å²) < 4.78 is 11.0. The highest BCUT2D eigenvalue weighted by atomic mass is 16.6. The Hall–Kier alpha value is -2.17. The molecule has 0 heterocycles. The number of esters is 1. The van der Waals surface area contributed by atoms with Crippen LogP contribution in [0.2, 0.25) is 0 Å². The Morgan fingerprint density at radius 2 is 1.05 bits per heavy atom. The van der Waals surface area contributed by atoms with Gasteiger partial charge in [-0.05, 0) is 70.6 Å². The first kappa shape index (κ1) is 40.8. The zero-order valence-corrected chi connectivity index (χ0v) is 27.9. The largest absolute Gasteiger partial charge is 0.457 e. The summed E-state index contributed by atoms with van der Waals surface area (Å²) in [4.78, 5) is 12.1. The van der Waals surface area contributed by atoms with Crippen molar-refractivity contribution < 1.29 is 19.4 Å². The van der Waals surface area contributed by atoms with Crippen LogP contribution in [-0.4, -0.2) is 37.0 Å². The van der Waals surface area contributed by atoms with E-state index < -0.39 is 6.10 Å². The number of hydrogen-bond acceptors (Lipinski definition) is 4. The monoisotopic (exact) mass is 598 g/mol. The predicted octanol–water partition coefficient (Wildman–Crippen LogP) is 11.1. The Morgan fingerprint density at radius 3 is 1.58 bits per heavy atom. The minimum absolute atomic E-state index is 0.209. The van der Waals surface area contributed by atoms with Gasteiger partial charge in [-0.15, -0.1) is 0 Å². The number of aliphatic hydroxyl groups is 1. The minimum atomic E-state index is -0.580. The number of hydrogen-bond donors (Lipinski definition) is 1. The van der Waals surface area contributed by atoms with Crippen LogP contribution in [0.25, 0.3) is 0 Å². The van der Waals surface area contributed by atoms with Crippen molar-refractivity contribution in [3.63, 3.8) is 0 Å². The van der Waals surface area contributed by atoms with Crippen molar-refractivity contribution in [1.82, 2.24) is 0 Å². The molecule has 0 spiro atoms. The summed E-state index contributed by atoms with van der Waals surface area (Å²) in [7, 11) is 0. The molecular weight excluding hydrogens is 532 g/mol. The van der Waals surface area contributed by atoms with Gasteiger partial charge in [0.2, 0.25) is 0 Å². The molecule has 0 amide bonds. The van der Waals surface area contributed by atoms with Gasteiger partial charge < -0.3 is 14.6 Å². The van der Waals surface area contributed by atoms with E-state index in [1.165, 1.54) is 57.8 Å². The van der Waals surface area contributed by atoms with Crippen LogP contribution in [0.4, 0.5) is 0 Å². The summed E-state index contributed by atoms with van der Waals surface area (Å²) in [5.41, 5.74) is 0. The molecular formula is C39H66O4. The fourth-order valence-corrected chi connectivity index (χ4v) is 4.44. The van der Waals surface area contributed by atoms with Gasteiger partial charge in [0.25, 0.3) is 0 Å². The third-order valence-corrected chi connectivity index (χ3v) is 7.03. The van der Waals surface area contributed by atoms with E-state index in [1.54, 1.807) is 0 Å². The molecule has 4 heteroatoms. The number of allylic oxidation sites excluding steroid dienone is 11. The van der Waals surface area contributed by atoms with Gasteiger partial charge in [0.15, 0.2) is 0 Å². The molecule has 1 N–H and O–H groups in total. The first-order valence-electron chi connectivity index (χ1n) is 17.5. The smallest absolute Gasteiger partial charge is 0.306 e. The van der Waals surface area contributed by atoms with Crippen LogP contribution in [0.15, 0.2) is 72.9 Å². The summed E-state index contributed by atoms with van der Waals surface area (Å²) in [5.74, 6) is -0.238. The number of carbonyl (C=O) groups is 1. The summed E-state index contributed by atoms with van der Waals surface area (Å²) in [6.45, 7) is 4.99. The predicted molar refractivity (Wildman–Crippen MR) is 186 cm³/mol. The van der Waals surface area contributed by atoms with E-state index in [0.29, 0.717) is 13.0 Å². The molecule has 1 unspecified atom stereocenters. The normalized spacial score (nSPS) is 13.3. The molecule has 0 aromatic carbocycles. The van der Waals surface area contributed by atoms with Crippen LogP contribution >= 0.6 is 0 Å². The molecule has 0 aliphatic heterocycles. The summed E-state index contributed by atoms with van der Waals surface area (Å²) in [5, 5.41) is 9.53. The molecule has 0 bridgehead atoms. The van der Waals surface area contributed by atoms with Crippen molar-refractivity contribution in [2.75, 3.05) is 19.8 Å². The molecule has 0 rings (SSSR count). The zero-order chi connectivity index (χ0) is 31.3. The van der Waals surface area contributed by atoms with Crippen LogP contribution in [-0.2, 0) is 14.3 Å². The highest BCUT2D eigenvalue weighted by Crippen LogP contribution is 2.11. The highest BCUT2D eigenvalue weighted by molar-refractivity contribution is 5.69. The number of rotatable bonds is 31. The quantitative estimate of drug-likeness (QED) is 0.0490. The SMILES string of the molecule is CC/C=C\C/C=C\C/C=C\C/C=C\C/C=C\CCOCC(CO)OC(=O)CCCCCCC/C=C\CCCCCCCC. The topological polar surface area (TPSA) is 55.8 Å². The van der Waals surface area contributed by atoms with E-state index in [9.17, 15) is 9.90 Å². The van der Waals surface area contributed by atoms with Crippen molar-refractivity contribution in [1.29, 1.82) is 0 Å². The Morgan fingerprint density at radius 1 is 0.581 bits per heavy atom. The maximum absolute atomic E-state index is 12.1. The van der Waals surface area contributed by atoms with Crippen LogP contribution in [0.3, 0.4) is 0 Å². The van der Waals surface area contributed by atoms with E-state index in [0.717, 1.165) is 64.2 Å². The zero-order valence-electron chi connectivity index (χ0n) is 27.9. The van der Waals surface area contributed by atoms with Crippen LogP contribution < -0.4 is 0 Å². The van der Waals surface area contributed by atoms with E-state index in [-0.39, 0.29) is 19.2 Å². The second kappa shape index (κ2) is 36.0. The molecule has 0 aliphatic rings. The van der Waals surface area contributed by atoms with Gasteiger partial charge >= 0.3 is 5.97 Å². The van der Waals surface area contributed by atoms with Crippen LogP contribution in [0, 0.1) is 0 Å². The third kappa shape index (κ3) is 34.2. The molecule has 0 saturated heterocycles.